The van der Waals surface area contributed by atoms with E-state index >= 15 is 0 Å². The van der Waals surface area contributed by atoms with Gasteiger partial charge >= 0.3 is 0 Å². The molecule has 0 spiro atoms. The number of ether oxygens (including phenoxy) is 4. The first-order chi connectivity index (χ1) is 19.8. The molecule has 0 aliphatic carbocycles. The third-order valence-corrected chi connectivity index (χ3v) is 6.94. The van der Waals surface area contributed by atoms with E-state index in [1.807, 2.05) is 91.0 Å². The number of nitrogens with zero attached hydrogens (tertiary/aromatic N) is 4. The average molecular weight is 538 g/mol. The van der Waals surface area contributed by atoms with Crippen molar-refractivity contribution in [2.45, 2.75) is 44.2 Å². The second kappa shape index (κ2) is 12.4. The van der Waals surface area contributed by atoms with Crippen LogP contribution in [-0.4, -0.2) is 44.5 Å². The maximum atomic E-state index is 6.66. The van der Waals surface area contributed by atoms with Crippen LogP contribution in [0.1, 0.15) is 28.4 Å². The summed E-state index contributed by atoms with van der Waals surface area (Å²) in [5, 5.41) is 4.42. The maximum absolute atomic E-state index is 6.66. The van der Waals surface area contributed by atoms with E-state index in [0.717, 1.165) is 22.3 Å². The summed E-state index contributed by atoms with van der Waals surface area (Å²) in [6, 6.07) is 30.2. The average Bonchev–Trinajstić information content (AvgIpc) is 3.58. The maximum Gasteiger partial charge on any atom is 0.224 e. The van der Waals surface area contributed by atoms with E-state index in [1.54, 1.807) is 6.20 Å². The van der Waals surface area contributed by atoms with Gasteiger partial charge in [0.2, 0.25) is 5.95 Å². The lowest BCUT2D eigenvalue weighted by atomic mass is 10.0. The van der Waals surface area contributed by atoms with Crippen LogP contribution in [0.2, 0.25) is 0 Å². The number of fused-ring (bicyclic) bond motifs is 1. The Bertz CT molecular complexity index is 1500. The molecule has 0 saturated carbocycles. The molecule has 3 aromatic carbocycles. The Hall–Kier alpha value is -4.15. The highest BCUT2D eigenvalue weighted by Gasteiger charge is 2.48. The Morgan fingerprint density at radius 3 is 1.93 bits per heavy atom. The molecule has 4 atom stereocenters. The molecule has 2 N–H and O–H groups in total. The Morgan fingerprint density at radius 2 is 1.30 bits per heavy atom. The highest BCUT2D eigenvalue weighted by Crippen LogP contribution is 2.39. The molecule has 1 saturated heterocycles. The van der Waals surface area contributed by atoms with E-state index in [9.17, 15) is 0 Å². The van der Waals surface area contributed by atoms with Crippen LogP contribution in [0, 0.1) is 0 Å². The number of hydrogen-bond acceptors (Lipinski definition) is 8. The quantitative estimate of drug-likeness (QED) is 0.262. The van der Waals surface area contributed by atoms with Crippen LogP contribution in [0.5, 0.6) is 0 Å². The van der Waals surface area contributed by atoms with Crippen molar-refractivity contribution in [3.05, 3.63) is 126 Å². The molecular formula is C31H31N5O4. The molecule has 6 rings (SSSR count). The molecule has 1 aliphatic heterocycles. The topological polar surface area (TPSA) is 106 Å². The predicted molar refractivity (Wildman–Crippen MR) is 149 cm³/mol. The van der Waals surface area contributed by atoms with E-state index in [1.165, 1.54) is 10.8 Å². The largest absolute Gasteiger partial charge is 0.374 e. The Balaban J connectivity index is 1.29. The first-order valence-corrected chi connectivity index (χ1v) is 13.3. The van der Waals surface area contributed by atoms with Gasteiger partial charge in [-0.2, -0.15) is 9.61 Å². The van der Waals surface area contributed by atoms with E-state index in [0.29, 0.717) is 32.1 Å². The fourth-order valence-electron chi connectivity index (χ4n) is 4.95. The van der Waals surface area contributed by atoms with Gasteiger partial charge in [-0.05, 0) is 16.7 Å². The third kappa shape index (κ3) is 5.88. The number of rotatable bonds is 11. The number of anilines is 1. The Morgan fingerprint density at radius 1 is 0.725 bits per heavy atom. The summed E-state index contributed by atoms with van der Waals surface area (Å²) < 4.78 is 27.5. The zero-order chi connectivity index (χ0) is 27.1. The monoisotopic (exact) mass is 537 g/mol. The predicted octanol–water partition coefficient (Wildman–Crippen LogP) is 4.53. The minimum absolute atomic E-state index is 0.246. The molecule has 9 nitrogen and oxygen atoms in total. The SMILES string of the molecule is Nc1ncnc2c([C@@H]3O[C@H](COCc4ccccc4)[C@H](OCc4ccccc4)[C@H]3OCc3ccccc3)cnn12. The summed E-state index contributed by atoms with van der Waals surface area (Å²) in [6.45, 7) is 1.59. The van der Waals surface area contributed by atoms with Crippen molar-refractivity contribution >= 4 is 11.6 Å². The standard InChI is InChI=1S/C31H31N5O4/c32-31-34-21-33-30-25(16-35-36(30)31)27-29(39-19-24-14-8-3-9-15-24)28(38-18-23-12-6-2-7-13-23)26(40-27)20-37-17-22-10-4-1-5-11-22/h1-16,21,26-29H,17-20H2,(H2,32,33,34)/t26-,27+,28+,29+/m1/s1. The zero-order valence-corrected chi connectivity index (χ0v) is 22.0. The second-order valence-electron chi connectivity index (χ2n) is 9.69. The first-order valence-electron chi connectivity index (χ1n) is 13.3. The summed E-state index contributed by atoms with van der Waals surface area (Å²) in [6.07, 6.45) is 1.35. The van der Waals surface area contributed by atoms with Crippen LogP contribution in [0.4, 0.5) is 5.95 Å². The van der Waals surface area contributed by atoms with Crippen molar-refractivity contribution in [2.24, 2.45) is 0 Å². The van der Waals surface area contributed by atoms with Gasteiger partial charge in [0.15, 0.2) is 5.65 Å². The molecule has 40 heavy (non-hydrogen) atoms. The van der Waals surface area contributed by atoms with Crippen molar-refractivity contribution in [3.63, 3.8) is 0 Å². The van der Waals surface area contributed by atoms with Crippen LogP contribution < -0.4 is 5.73 Å². The number of aromatic nitrogens is 4. The van der Waals surface area contributed by atoms with Crippen LogP contribution in [-0.2, 0) is 38.8 Å². The van der Waals surface area contributed by atoms with Gasteiger partial charge < -0.3 is 24.7 Å². The van der Waals surface area contributed by atoms with Crippen molar-refractivity contribution in [1.29, 1.82) is 0 Å². The molecule has 9 heteroatoms. The van der Waals surface area contributed by atoms with Crippen molar-refractivity contribution in [3.8, 4) is 0 Å². The number of benzene rings is 3. The first kappa shape index (κ1) is 26.1. The number of nitrogens with two attached hydrogens (primary N) is 1. The lowest BCUT2D eigenvalue weighted by Crippen LogP contribution is -2.37. The molecule has 204 valence electrons. The van der Waals surface area contributed by atoms with Gasteiger partial charge in [0.05, 0.1) is 32.6 Å². The molecule has 1 fully saturated rings. The highest BCUT2D eigenvalue weighted by atomic mass is 16.6. The fourth-order valence-corrected chi connectivity index (χ4v) is 4.95. The van der Waals surface area contributed by atoms with E-state index < -0.39 is 24.4 Å². The van der Waals surface area contributed by atoms with Gasteiger partial charge in [-0.25, -0.2) is 9.97 Å². The number of nitrogen functional groups attached to an aromatic ring is 1. The molecule has 0 radical (unpaired) electrons. The van der Waals surface area contributed by atoms with Gasteiger partial charge in [0.1, 0.15) is 30.7 Å². The summed E-state index contributed by atoms with van der Waals surface area (Å²) in [5.74, 6) is 0.246. The molecule has 0 bridgehead atoms. The molecule has 2 aromatic heterocycles. The zero-order valence-electron chi connectivity index (χ0n) is 22.0. The molecular weight excluding hydrogens is 506 g/mol. The van der Waals surface area contributed by atoms with Crippen molar-refractivity contribution in [2.75, 3.05) is 12.3 Å². The van der Waals surface area contributed by atoms with E-state index in [4.69, 9.17) is 24.7 Å². The summed E-state index contributed by atoms with van der Waals surface area (Å²) >= 11 is 0. The molecule has 5 aromatic rings. The summed E-state index contributed by atoms with van der Waals surface area (Å²) in [5.41, 5.74) is 10.6. The van der Waals surface area contributed by atoms with Gasteiger partial charge in [0, 0.05) is 5.56 Å². The Labute approximate surface area is 232 Å². The molecule has 0 unspecified atom stereocenters. The minimum Gasteiger partial charge on any atom is -0.374 e. The van der Waals surface area contributed by atoms with E-state index in [-0.39, 0.29) is 5.95 Å². The lowest BCUT2D eigenvalue weighted by molar-refractivity contribution is -0.0898. The van der Waals surface area contributed by atoms with Crippen LogP contribution >= 0.6 is 0 Å². The fraction of sp³-hybridized carbons (Fsp3) is 0.258. The van der Waals surface area contributed by atoms with Gasteiger partial charge in [-0.15, -0.1) is 0 Å². The van der Waals surface area contributed by atoms with Gasteiger partial charge in [0.25, 0.3) is 0 Å². The molecule has 0 amide bonds. The molecule has 1 aliphatic rings. The van der Waals surface area contributed by atoms with Gasteiger partial charge in [-0.3, -0.25) is 0 Å². The third-order valence-electron chi connectivity index (χ3n) is 6.94. The lowest BCUT2D eigenvalue weighted by Gasteiger charge is -2.25. The van der Waals surface area contributed by atoms with Crippen LogP contribution in [0.25, 0.3) is 5.65 Å². The van der Waals surface area contributed by atoms with Crippen molar-refractivity contribution in [1.82, 2.24) is 19.6 Å². The highest BCUT2D eigenvalue weighted by molar-refractivity contribution is 5.51. The van der Waals surface area contributed by atoms with E-state index in [2.05, 4.69) is 15.1 Å². The Kier molecular flexibility index (Phi) is 8.06. The van der Waals surface area contributed by atoms with Gasteiger partial charge in [-0.1, -0.05) is 91.0 Å². The van der Waals surface area contributed by atoms with Crippen molar-refractivity contribution < 1.29 is 18.9 Å². The summed E-state index contributed by atoms with van der Waals surface area (Å²) in [4.78, 5) is 8.50. The van der Waals surface area contributed by atoms with Crippen LogP contribution in [0.15, 0.2) is 104 Å². The smallest absolute Gasteiger partial charge is 0.224 e. The summed E-state index contributed by atoms with van der Waals surface area (Å²) in [7, 11) is 0. The van der Waals surface area contributed by atoms with Crippen LogP contribution in [0.3, 0.4) is 0 Å². The second-order valence-corrected chi connectivity index (χ2v) is 9.69. The molecule has 3 heterocycles. The number of hydrogen-bond donors (Lipinski definition) is 1. The minimum atomic E-state index is -0.512. The normalized spacial score (nSPS) is 20.7.